The van der Waals surface area contributed by atoms with Gasteiger partial charge in [-0.25, -0.2) is 8.78 Å². The minimum Gasteiger partial charge on any atom is -0.380 e. The Morgan fingerprint density at radius 3 is 2.60 bits per heavy atom. The summed E-state index contributed by atoms with van der Waals surface area (Å²) in [5, 5.41) is 2.96. The number of hydrogen-bond acceptors (Lipinski definition) is 2. The third-order valence-electron chi connectivity index (χ3n) is 2.73. The van der Waals surface area contributed by atoms with E-state index in [2.05, 4.69) is 21.2 Å². The summed E-state index contributed by atoms with van der Waals surface area (Å²) in [6.45, 7) is 0.150. The Kier molecular flexibility index (Phi) is 4.34. The van der Waals surface area contributed by atoms with Crippen LogP contribution in [0.4, 0.5) is 14.5 Å². The predicted octanol–water partition coefficient (Wildman–Crippen LogP) is 3.44. The lowest BCUT2D eigenvalue weighted by Crippen LogP contribution is -2.12. The van der Waals surface area contributed by atoms with E-state index in [0.29, 0.717) is 15.7 Å². The van der Waals surface area contributed by atoms with Gasteiger partial charge in [0.25, 0.3) is 0 Å². The second-order valence-electron chi connectivity index (χ2n) is 4.15. The van der Waals surface area contributed by atoms with Crippen LogP contribution in [0.3, 0.4) is 0 Å². The molecule has 0 bridgehead atoms. The standard InChI is InChI=1S/C14H11BrF2N2O/c15-11-6-10(16)2-4-13(11)19-7-9-5-8(14(18)20)1-3-12(9)17/h1-6,19H,7H2,(H2,18,20). The maximum absolute atomic E-state index is 13.6. The van der Waals surface area contributed by atoms with Gasteiger partial charge in [0.2, 0.25) is 5.91 Å². The van der Waals surface area contributed by atoms with Crippen LogP contribution in [0.1, 0.15) is 15.9 Å². The second kappa shape index (κ2) is 6.00. The Morgan fingerprint density at radius 2 is 1.95 bits per heavy atom. The zero-order valence-electron chi connectivity index (χ0n) is 10.3. The van der Waals surface area contributed by atoms with Gasteiger partial charge in [-0.05, 0) is 52.3 Å². The Morgan fingerprint density at radius 1 is 1.20 bits per heavy atom. The van der Waals surface area contributed by atoms with E-state index in [1.165, 1.54) is 36.4 Å². The Hall–Kier alpha value is -1.95. The van der Waals surface area contributed by atoms with Crippen molar-refractivity contribution in [3.8, 4) is 0 Å². The molecule has 20 heavy (non-hydrogen) atoms. The number of benzene rings is 2. The molecule has 1 amide bonds. The minimum absolute atomic E-state index is 0.150. The summed E-state index contributed by atoms with van der Waals surface area (Å²) < 4.78 is 27.1. The molecule has 0 radical (unpaired) electrons. The molecule has 6 heteroatoms. The second-order valence-corrected chi connectivity index (χ2v) is 5.00. The molecule has 0 saturated heterocycles. The highest BCUT2D eigenvalue weighted by molar-refractivity contribution is 9.10. The molecule has 3 N–H and O–H groups in total. The molecule has 0 saturated carbocycles. The molecule has 0 aromatic heterocycles. The van der Waals surface area contributed by atoms with E-state index in [1.807, 2.05) is 0 Å². The van der Waals surface area contributed by atoms with Crippen LogP contribution in [0, 0.1) is 11.6 Å². The molecular formula is C14H11BrF2N2O. The Balaban J connectivity index is 2.18. The number of amides is 1. The molecule has 2 rings (SSSR count). The van der Waals surface area contributed by atoms with E-state index in [9.17, 15) is 13.6 Å². The van der Waals surface area contributed by atoms with Gasteiger partial charge in [0, 0.05) is 27.8 Å². The first-order valence-electron chi connectivity index (χ1n) is 5.74. The number of nitrogens with two attached hydrogens (primary N) is 1. The molecule has 0 heterocycles. The molecular weight excluding hydrogens is 330 g/mol. The number of hydrogen-bond donors (Lipinski definition) is 2. The van der Waals surface area contributed by atoms with Gasteiger partial charge in [0.15, 0.2) is 0 Å². The number of primary amides is 1. The number of nitrogens with one attached hydrogen (secondary N) is 1. The lowest BCUT2D eigenvalue weighted by atomic mass is 10.1. The number of anilines is 1. The fraction of sp³-hybridized carbons (Fsp3) is 0.0714. The highest BCUT2D eigenvalue weighted by atomic mass is 79.9. The molecule has 2 aromatic carbocycles. The van der Waals surface area contributed by atoms with E-state index in [1.54, 1.807) is 0 Å². The van der Waals surface area contributed by atoms with Crippen LogP contribution in [-0.2, 0) is 6.54 Å². The van der Waals surface area contributed by atoms with Gasteiger partial charge in [0.1, 0.15) is 11.6 Å². The van der Waals surface area contributed by atoms with Crippen LogP contribution in [0.2, 0.25) is 0 Å². The van der Waals surface area contributed by atoms with Crippen molar-refractivity contribution in [2.45, 2.75) is 6.54 Å². The highest BCUT2D eigenvalue weighted by Gasteiger charge is 2.08. The quantitative estimate of drug-likeness (QED) is 0.895. The number of carbonyl (C=O) groups is 1. The zero-order chi connectivity index (χ0) is 14.7. The maximum atomic E-state index is 13.6. The predicted molar refractivity (Wildman–Crippen MR) is 76.3 cm³/mol. The van der Waals surface area contributed by atoms with Crippen LogP contribution >= 0.6 is 15.9 Å². The van der Waals surface area contributed by atoms with E-state index in [4.69, 9.17) is 5.73 Å². The van der Waals surface area contributed by atoms with E-state index >= 15 is 0 Å². The van der Waals surface area contributed by atoms with Crippen molar-refractivity contribution in [1.82, 2.24) is 0 Å². The van der Waals surface area contributed by atoms with Gasteiger partial charge in [-0.2, -0.15) is 0 Å². The van der Waals surface area contributed by atoms with Crippen LogP contribution < -0.4 is 11.1 Å². The summed E-state index contributed by atoms with van der Waals surface area (Å²) >= 11 is 3.21. The summed E-state index contributed by atoms with van der Waals surface area (Å²) in [5.74, 6) is -1.43. The average molecular weight is 341 g/mol. The van der Waals surface area contributed by atoms with Crippen LogP contribution in [0.5, 0.6) is 0 Å². The van der Waals surface area contributed by atoms with Crippen molar-refractivity contribution in [2.75, 3.05) is 5.32 Å². The average Bonchev–Trinajstić information content (AvgIpc) is 2.39. The van der Waals surface area contributed by atoms with Crippen LogP contribution in [-0.4, -0.2) is 5.91 Å². The molecule has 0 unspecified atom stereocenters. The van der Waals surface area contributed by atoms with Crippen molar-refractivity contribution in [3.05, 3.63) is 63.6 Å². The number of rotatable bonds is 4. The third-order valence-corrected chi connectivity index (χ3v) is 3.39. The fourth-order valence-corrected chi connectivity index (χ4v) is 2.18. The smallest absolute Gasteiger partial charge is 0.248 e. The summed E-state index contributed by atoms with van der Waals surface area (Å²) in [5.41, 5.74) is 6.31. The maximum Gasteiger partial charge on any atom is 0.248 e. The molecule has 3 nitrogen and oxygen atoms in total. The minimum atomic E-state index is -0.616. The van der Waals surface area contributed by atoms with Crippen molar-refractivity contribution in [3.63, 3.8) is 0 Å². The molecule has 104 valence electrons. The van der Waals surface area contributed by atoms with E-state index in [-0.39, 0.29) is 17.9 Å². The molecule has 0 spiro atoms. The largest absolute Gasteiger partial charge is 0.380 e. The normalized spacial score (nSPS) is 10.3. The summed E-state index contributed by atoms with van der Waals surface area (Å²) in [4.78, 5) is 11.1. The molecule has 0 aliphatic carbocycles. The first kappa shape index (κ1) is 14.5. The van der Waals surface area contributed by atoms with Gasteiger partial charge in [-0.1, -0.05) is 0 Å². The van der Waals surface area contributed by atoms with Crippen molar-refractivity contribution >= 4 is 27.5 Å². The van der Waals surface area contributed by atoms with Crippen LogP contribution in [0.25, 0.3) is 0 Å². The monoisotopic (exact) mass is 340 g/mol. The molecule has 0 fully saturated rings. The van der Waals surface area contributed by atoms with Gasteiger partial charge in [-0.15, -0.1) is 0 Å². The summed E-state index contributed by atoms with van der Waals surface area (Å²) in [6.07, 6.45) is 0. The third kappa shape index (κ3) is 3.33. The van der Waals surface area contributed by atoms with E-state index < -0.39 is 11.7 Å². The SMILES string of the molecule is NC(=O)c1ccc(F)c(CNc2ccc(F)cc2Br)c1. The first-order valence-corrected chi connectivity index (χ1v) is 6.54. The van der Waals surface area contributed by atoms with Gasteiger partial charge in [-0.3, -0.25) is 4.79 Å². The number of carbonyl (C=O) groups excluding carboxylic acids is 1. The van der Waals surface area contributed by atoms with Crippen molar-refractivity contribution in [2.24, 2.45) is 5.73 Å². The lowest BCUT2D eigenvalue weighted by molar-refractivity contribution is 0.1000. The highest BCUT2D eigenvalue weighted by Crippen LogP contribution is 2.24. The summed E-state index contributed by atoms with van der Waals surface area (Å²) in [6, 6.07) is 8.05. The Bertz CT molecular complexity index is 662. The topological polar surface area (TPSA) is 55.1 Å². The first-order chi connectivity index (χ1) is 9.47. The molecule has 0 atom stereocenters. The van der Waals surface area contributed by atoms with Crippen LogP contribution in [0.15, 0.2) is 40.9 Å². The summed E-state index contributed by atoms with van der Waals surface area (Å²) in [7, 11) is 0. The van der Waals surface area contributed by atoms with Gasteiger partial charge in [0.05, 0.1) is 0 Å². The van der Waals surface area contributed by atoms with Crippen molar-refractivity contribution < 1.29 is 13.6 Å². The molecule has 0 aliphatic heterocycles. The fourth-order valence-electron chi connectivity index (χ4n) is 1.69. The molecule has 2 aromatic rings. The number of halogens is 3. The Labute approximate surface area is 122 Å². The van der Waals surface area contributed by atoms with Gasteiger partial charge < -0.3 is 11.1 Å². The van der Waals surface area contributed by atoms with Crippen molar-refractivity contribution in [1.29, 1.82) is 0 Å². The van der Waals surface area contributed by atoms with E-state index in [0.717, 1.165) is 0 Å². The molecule has 0 aliphatic rings. The van der Waals surface area contributed by atoms with Gasteiger partial charge >= 0.3 is 0 Å². The lowest BCUT2D eigenvalue weighted by Gasteiger charge is -2.10. The zero-order valence-corrected chi connectivity index (χ0v) is 11.9.